The Balaban J connectivity index is 2.08. The standard InChI is InChI=1S/C21H24N2O5/c1-15(2)13-22-20(26)23-18(24)14-28-19(25)21(27,16-9-5-3-6-10-16)17-11-7-4-8-12-17/h3-12,15,27H,13-14H2,1-2H3,(H2,22,23,24,26). The predicted molar refractivity (Wildman–Crippen MR) is 103 cm³/mol. The molecule has 0 heterocycles. The second kappa shape index (κ2) is 9.66. The highest BCUT2D eigenvalue weighted by atomic mass is 16.6. The van der Waals surface area contributed by atoms with Gasteiger partial charge in [-0.25, -0.2) is 9.59 Å². The Labute approximate surface area is 163 Å². The lowest BCUT2D eigenvalue weighted by Gasteiger charge is -2.26. The number of aliphatic hydroxyl groups is 1. The molecule has 2 rings (SSSR count). The van der Waals surface area contributed by atoms with E-state index in [0.29, 0.717) is 17.7 Å². The first-order chi connectivity index (χ1) is 13.3. The van der Waals surface area contributed by atoms with Crippen LogP contribution in [-0.4, -0.2) is 36.2 Å². The van der Waals surface area contributed by atoms with Gasteiger partial charge in [0.05, 0.1) is 0 Å². The molecule has 0 radical (unpaired) electrons. The highest BCUT2D eigenvalue weighted by Crippen LogP contribution is 2.30. The van der Waals surface area contributed by atoms with Crippen LogP contribution in [0.4, 0.5) is 4.79 Å². The number of nitrogens with one attached hydrogen (secondary N) is 2. The number of carbonyl (C=O) groups is 3. The van der Waals surface area contributed by atoms with Crippen molar-refractivity contribution in [2.75, 3.05) is 13.2 Å². The number of imide groups is 1. The maximum atomic E-state index is 12.7. The van der Waals surface area contributed by atoms with E-state index in [1.54, 1.807) is 60.7 Å². The highest BCUT2D eigenvalue weighted by molar-refractivity contribution is 5.96. The first-order valence-electron chi connectivity index (χ1n) is 8.92. The summed E-state index contributed by atoms with van der Waals surface area (Å²) in [7, 11) is 0. The molecule has 7 nitrogen and oxygen atoms in total. The zero-order valence-corrected chi connectivity index (χ0v) is 15.8. The van der Waals surface area contributed by atoms with E-state index in [1.165, 1.54) is 0 Å². The number of benzene rings is 2. The van der Waals surface area contributed by atoms with Crippen LogP contribution in [0.25, 0.3) is 0 Å². The Kier molecular flexibility index (Phi) is 7.28. The predicted octanol–water partition coefficient (Wildman–Crippen LogP) is 1.95. The molecule has 3 N–H and O–H groups in total. The maximum absolute atomic E-state index is 12.7. The molecular formula is C21H24N2O5. The molecule has 0 saturated carbocycles. The summed E-state index contributed by atoms with van der Waals surface area (Å²) in [6.07, 6.45) is 0. The molecule has 0 aromatic heterocycles. The number of amides is 3. The Morgan fingerprint density at radius 2 is 1.46 bits per heavy atom. The van der Waals surface area contributed by atoms with Gasteiger partial charge in [0.15, 0.2) is 6.61 Å². The van der Waals surface area contributed by atoms with E-state index in [-0.39, 0.29) is 5.92 Å². The minimum Gasteiger partial charge on any atom is -0.453 e. The largest absolute Gasteiger partial charge is 0.453 e. The molecule has 148 valence electrons. The zero-order valence-electron chi connectivity index (χ0n) is 15.8. The summed E-state index contributed by atoms with van der Waals surface area (Å²) in [6.45, 7) is 3.53. The summed E-state index contributed by atoms with van der Waals surface area (Å²) < 4.78 is 5.02. The summed E-state index contributed by atoms with van der Waals surface area (Å²) in [5.74, 6) is -1.58. The molecule has 2 aromatic rings. The second-order valence-corrected chi connectivity index (χ2v) is 6.67. The molecule has 0 bridgehead atoms. The van der Waals surface area contributed by atoms with Crippen molar-refractivity contribution in [1.29, 1.82) is 0 Å². The molecule has 0 unspecified atom stereocenters. The fourth-order valence-electron chi connectivity index (χ4n) is 2.50. The Bertz CT molecular complexity index is 767. The van der Waals surface area contributed by atoms with Gasteiger partial charge < -0.3 is 15.2 Å². The van der Waals surface area contributed by atoms with Crippen LogP contribution in [0.5, 0.6) is 0 Å². The molecular weight excluding hydrogens is 360 g/mol. The van der Waals surface area contributed by atoms with Gasteiger partial charge in [0.25, 0.3) is 5.91 Å². The number of hydrogen-bond donors (Lipinski definition) is 3. The van der Waals surface area contributed by atoms with E-state index in [0.717, 1.165) is 0 Å². The molecule has 2 aromatic carbocycles. The smallest absolute Gasteiger partial charge is 0.348 e. The molecule has 0 aliphatic heterocycles. The maximum Gasteiger partial charge on any atom is 0.348 e. The summed E-state index contributed by atoms with van der Waals surface area (Å²) in [5.41, 5.74) is -1.47. The van der Waals surface area contributed by atoms with E-state index < -0.39 is 30.1 Å². The van der Waals surface area contributed by atoms with E-state index in [1.807, 2.05) is 13.8 Å². The molecule has 7 heteroatoms. The van der Waals surface area contributed by atoms with E-state index in [4.69, 9.17) is 4.74 Å². The molecule has 0 spiro atoms. The summed E-state index contributed by atoms with van der Waals surface area (Å²) in [6, 6.07) is 15.9. The van der Waals surface area contributed by atoms with Gasteiger partial charge in [-0.2, -0.15) is 0 Å². The lowest BCUT2D eigenvalue weighted by molar-refractivity contribution is -0.164. The van der Waals surface area contributed by atoms with Gasteiger partial charge in [0.2, 0.25) is 5.60 Å². The quantitative estimate of drug-likeness (QED) is 0.633. The van der Waals surface area contributed by atoms with Crippen LogP contribution < -0.4 is 10.6 Å². The van der Waals surface area contributed by atoms with Crippen molar-refractivity contribution in [2.45, 2.75) is 19.4 Å². The van der Waals surface area contributed by atoms with Crippen LogP contribution in [-0.2, 0) is 19.9 Å². The lowest BCUT2D eigenvalue weighted by atomic mass is 9.86. The van der Waals surface area contributed by atoms with Gasteiger partial charge in [-0.15, -0.1) is 0 Å². The third-order valence-corrected chi connectivity index (χ3v) is 3.94. The molecule has 28 heavy (non-hydrogen) atoms. The minimum absolute atomic E-state index is 0.227. The molecule has 3 amide bonds. The average molecular weight is 384 g/mol. The Morgan fingerprint density at radius 1 is 0.964 bits per heavy atom. The van der Waals surface area contributed by atoms with E-state index in [2.05, 4.69) is 10.6 Å². The fraction of sp³-hybridized carbons (Fsp3) is 0.286. The summed E-state index contributed by atoms with van der Waals surface area (Å²) >= 11 is 0. The zero-order chi connectivity index (χ0) is 20.6. The fourth-order valence-corrected chi connectivity index (χ4v) is 2.50. The van der Waals surface area contributed by atoms with Crippen molar-refractivity contribution in [3.05, 3.63) is 71.8 Å². The van der Waals surface area contributed by atoms with Crippen LogP contribution in [0, 0.1) is 5.92 Å². The molecule has 0 aliphatic rings. The minimum atomic E-state index is -2.08. The summed E-state index contributed by atoms with van der Waals surface area (Å²) in [5, 5.41) is 15.8. The number of rotatable bonds is 7. The SMILES string of the molecule is CC(C)CNC(=O)NC(=O)COC(=O)C(O)(c1ccccc1)c1ccccc1. The second-order valence-electron chi connectivity index (χ2n) is 6.67. The average Bonchev–Trinajstić information content (AvgIpc) is 2.71. The van der Waals surface area contributed by atoms with Crippen molar-refractivity contribution in [3.8, 4) is 0 Å². The van der Waals surface area contributed by atoms with Crippen LogP contribution >= 0.6 is 0 Å². The number of hydrogen-bond acceptors (Lipinski definition) is 5. The van der Waals surface area contributed by atoms with E-state index in [9.17, 15) is 19.5 Å². The van der Waals surface area contributed by atoms with Gasteiger partial charge in [0.1, 0.15) is 0 Å². The topological polar surface area (TPSA) is 105 Å². The number of ether oxygens (including phenoxy) is 1. The third-order valence-electron chi connectivity index (χ3n) is 3.94. The van der Waals surface area contributed by atoms with Gasteiger partial charge in [-0.1, -0.05) is 74.5 Å². The van der Waals surface area contributed by atoms with Gasteiger partial charge in [-0.05, 0) is 17.0 Å². The van der Waals surface area contributed by atoms with E-state index >= 15 is 0 Å². The van der Waals surface area contributed by atoms with Gasteiger partial charge in [-0.3, -0.25) is 10.1 Å². The normalized spacial score (nSPS) is 11.0. The van der Waals surface area contributed by atoms with Crippen molar-refractivity contribution < 1.29 is 24.2 Å². The van der Waals surface area contributed by atoms with Crippen molar-refractivity contribution in [2.24, 2.45) is 5.92 Å². The van der Waals surface area contributed by atoms with Crippen molar-refractivity contribution in [1.82, 2.24) is 10.6 Å². The number of carbonyl (C=O) groups excluding carboxylic acids is 3. The third kappa shape index (κ3) is 5.40. The van der Waals surface area contributed by atoms with Crippen molar-refractivity contribution >= 4 is 17.9 Å². The Morgan fingerprint density at radius 3 is 1.93 bits per heavy atom. The van der Waals surface area contributed by atoms with Crippen LogP contribution in [0.3, 0.4) is 0 Å². The number of urea groups is 1. The first kappa shape index (κ1) is 21.1. The molecule has 0 atom stereocenters. The highest BCUT2D eigenvalue weighted by Gasteiger charge is 2.41. The monoisotopic (exact) mass is 384 g/mol. The van der Waals surface area contributed by atoms with Crippen LogP contribution in [0.2, 0.25) is 0 Å². The van der Waals surface area contributed by atoms with Crippen molar-refractivity contribution in [3.63, 3.8) is 0 Å². The van der Waals surface area contributed by atoms with Gasteiger partial charge in [0, 0.05) is 6.54 Å². The molecule has 0 fully saturated rings. The molecule has 0 saturated heterocycles. The van der Waals surface area contributed by atoms with Crippen LogP contribution in [0.1, 0.15) is 25.0 Å². The first-order valence-corrected chi connectivity index (χ1v) is 8.92. The Hall–Kier alpha value is -3.19. The van der Waals surface area contributed by atoms with Crippen LogP contribution in [0.15, 0.2) is 60.7 Å². The summed E-state index contributed by atoms with van der Waals surface area (Å²) in [4.78, 5) is 36.2. The number of esters is 1. The van der Waals surface area contributed by atoms with Gasteiger partial charge >= 0.3 is 12.0 Å². The lowest BCUT2D eigenvalue weighted by Crippen LogP contribution is -2.44. The molecule has 0 aliphatic carbocycles.